The molecular formula is C22H24ClN5O3. The average molecular weight is 442 g/mol. The van der Waals surface area contributed by atoms with Gasteiger partial charge in [0.1, 0.15) is 5.54 Å². The number of urea groups is 1. The summed E-state index contributed by atoms with van der Waals surface area (Å²) < 4.78 is 0. The average Bonchev–Trinajstić information content (AvgIpc) is 3.07. The minimum Gasteiger partial charge on any atom is -0.365 e. The number of halogens is 1. The minimum atomic E-state index is -1.28. The van der Waals surface area contributed by atoms with E-state index in [1.54, 1.807) is 24.5 Å². The summed E-state index contributed by atoms with van der Waals surface area (Å²) in [7, 11) is 0. The van der Waals surface area contributed by atoms with Gasteiger partial charge in [0, 0.05) is 60.8 Å². The van der Waals surface area contributed by atoms with Crippen LogP contribution in [0.5, 0.6) is 0 Å². The Kier molecular flexibility index (Phi) is 5.82. The molecule has 3 heterocycles. The second-order valence-corrected chi connectivity index (χ2v) is 8.35. The maximum Gasteiger partial charge on any atom is 0.322 e. The molecule has 1 aromatic heterocycles. The monoisotopic (exact) mass is 441 g/mol. The Bertz CT molecular complexity index is 984. The summed E-state index contributed by atoms with van der Waals surface area (Å²) in [4.78, 5) is 45.6. The number of nitrogens with zero attached hydrogens (tertiary/aromatic N) is 3. The maximum absolute atomic E-state index is 13.0. The number of benzene rings is 1. The van der Waals surface area contributed by atoms with Gasteiger partial charge in [-0.25, -0.2) is 4.79 Å². The first-order chi connectivity index (χ1) is 14.9. The molecule has 2 aromatic rings. The highest BCUT2D eigenvalue weighted by Gasteiger charge is 2.48. The molecule has 0 radical (unpaired) electrons. The van der Waals surface area contributed by atoms with Gasteiger partial charge in [0.15, 0.2) is 0 Å². The van der Waals surface area contributed by atoms with Gasteiger partial charge < -0.3 is 15.1 Å². The van der Waals surface area contributed by atoms with Crippen LogP contribution in [0, 0.1) is 0 Å². The molecular weight excluding hydrogens is 418 g/mol. The molecule has 2 aliphatic rings. The molecule has 31 heavy (non-hydrogen) atoms. The number of carbonyl (C=O) groups is 3. The van der Waals surface area contributed by atoms with Crippen molar-refractivity contribution in [1.82, 2.24) is 20.5 Å². The molecule has 2 atom stereocenters. The van der Waals surface area contributed by atoms with Crippen molar-refractivity contribution >= 4 is 35.1 Å². The van der Waals surface area contributed by atoms with Crippen molar-refractivity contribution < 1.29 is 14.4 Å². The van der Waals surface area contributed by atoms with E-state index in [1.165, 1.54) is 0 Å². The molecule has 0 bridgehead atoms. The van der Waals surface area contributed by atoms with E-state index in [1.807, 2.05) is 29.2 Å². The SMILES string of the molecule is CC1CN(C(=O)CCC2(c3cccnc3)NC(=O)NC2=O)CCN1c1ccc(Cl)cc1. The highest BCUT2D eigenvalue weighted by atomic mass is 35.5. The number of hydrogen-bond acceptors (Lipinski definition) is 5. The molecule has 0 saturated carbocycles. The Morgan fingerprint density at radius 1 is 1.23 bits per heavy atom. The molecule has 2 N–H and O–H groups in total. The molecule has 0 spiro atoms. The van der Waals surface area contributed by atoms with Crippen LogP contribution in [0.2, 0.25) is 5.02 Å². The second kappa shape index (κ2) is 8.55. The van der Waals surface area contributed by atoms with Gasteiger partial charge in [-0.3, -0.25) is 19.9 Å². The number of amides is 4. The first kappa shape index (κ1) is 21.1. The van der Waals surface area contributed by atoms with Crippen molar-refractivity contribution in [3.63, 3.8) is 0 Å². The van der Waals surface area contributed by atoms with Gasteiger partial charge in [-0.2, -0.15) is 0 Å². The van der Waals surface area contributed by atoms with E-state index in [0.29, 0.717) is 30.2 Å². The molecule has 9 heteroatoms. The molecule has 2 aliphatic heterocycles. The van der Waals surface area contributed by atoms with Crippen molar-refractivity contribution in [2.45, 2.75) is 31.3 Å². The van der Waals surface area contributed by atoms with Crippen LogP contribution in [0.1, 0.15) is 25.3 Å². The summed E-state index contributed by atoms with van der Waals surface area (Å²) in [6, 6.07) is 10.7. The molecule has 2 unspecified atom stereocenters. The van der Waals surface area contributed by atoms with E-state index >= 15 is 0 Å². The fraction of sp³-hybridized carbons (Fsp3) is 0.364. The summed E-state index contributed by atoms with van der Waals surface area (Å²) in [6.07, 6.45) is 3.44. The third-order valence-corrected chi connectivity index (χ3v) is 6.20. The van der Waals surface area contributed by atoms with Gasteiger partial charge in [-0.1, -0.05) is 17.7 Å². The Hall–Kier alpha value is -3.13. The number of hydrogen-bond donors (Lipinski definition) is 2. The fourth-order valence-corrected chi connectivity index (χ4v) is 4.41. The van der Waals surface area contributed by atoms with E-state index in [-0.39, 0.29) is 24.8 Å². The summed E-state index contributed by atoms with van der Waals surface area (Å²) >= 11 is 5.99. The zero-order chi connectivity index (χ0) is 22.0. The lowest BCUT2D eigenvalue weighted by molar-refractivity contribution is -0.133. The van der Waals surface area contributed by atoms with Gasteiger partial charge in [0.25, 0.3) is 5.91 Å². The molecule has 2 fully saturated rings. The van der Waals surface area contributed by atoms with E-state index in [2.05, 4.69) is 27.4 Å². The van der Waals surface area contributed by atoms with Crippen LogP contribution in [0.4, 0.5) is 10.5 Å². The van der Waals surface area contributed by atoms with Crippen LogP contribution < -0.4 is 15.5 Å². The lowest BCUT2D eigenvalue weighted by atomic mass is 9.86. The number of anilines is 1. The highest BCUT2D eigenvalue weighted by molar-refractivity contribution is 6.30. The van der Waals surface area contributed by atoms with Crippen molar-refractivity contribution in [3.8, 4) is 0 Å². The standard InChI is InChI=1S/C22H24ClN5O3/c1-15-14-27(11-12-28(15)18-6-4-17(23)5-7-18)19(29)8-9-22(16-3-2-10-24-13-16)20(30)25-21(31)26-22/h2-7,10,13,15H,8-9,11-12,14H2,1H3,(H2,25,26,30,31). The number of rotatable bonds is 5. The normalized spacial score (nSPS) is 23.5. The van der Waals surface area contributed by atoms with Crippen LogP contribution in [0.3, 0.4) is 0 Å². The largest absolute Gasteiger partial charge is 0.365 e. The summed E-state index contributed by atoms with van der Waals surface area (Å²) in [5.41, 5.74) is 0.356. The third kappa shape index (κ3) is 4.20. The first-order valence-corrected chi connectivity index (χ1v) is 10.6. The number of piperazine rings is 1. The minimum absolute atomic E-state index is 0.0418. The van der Waals surface area contributed by atoms with Crippen molar-refractivity contribution in [2.24, 2.45) is 0 Å². The zero-order valence-electron chi connectivity index (χ0n) is 17.2. The number of imide groups is 1. The Balaban J connectivity index is 1.42. The summed E-state index contributed by atoms with van der Waals surface area (Å²) in [6.45, 7) is 3.96. The van der Waals surface area contributed by atoms with Crippen LogP contribution >= 0.6 is 11.6 Å². The van der Waals surface area contributed by atoms with Gasteiger partial charge >= 0.3 is 6.03 Å². The number of pyridine rings is 1. The second-order valence-electron chi connectivity index (χ2n) is 7.91. The number of aromatic nitrogens is 1. The van der Waals surface area contributed by atoms with E-state index in [0.717, 1.165) is 5.69 Å². The quantitative estimate of drug-likeness (QED) is 0.694. The van der Waals surface area contributed by atoms with E-state index in [9.17, 15) is 14.4 Å². The number of carbonyl (C=O) groups excluding carboxylic acids is 3. The summed E-state index contributed by atoms with van der Waals surface area (Å²) in [5, 5.41) is 5.68. The molecule has 0 aliphatic carbocycles. The lowest BCUT2D eigenvalue weighted by Gasteiger charge is -2.41. The zero-order valence-corrected chi connectivity index (χ0v) is 17.9. The fourth-order valence-electron chi connectivity index (χ4n) is 4.28. The molecule has 8 nitrogen and oxygen atoms in total. The summed E-state index contributed by atoms with van der Waals surface area (Å²) in [5.74, 6) is -0.501. The topological polar surface area (TPSA) is 94.6 Å². The van der Waals surface area contributed by atoms with Gasteiger partial charge in [0.2, 0.25) is 5.91 Å². The molecule has 1 aromatic carbocycles. The predicted molar refractivity (Wildman–Crippen MR) is 117 cm³/mol. The molecule has 4 amide bonds. The van der Waals surface area contributed by atoms with Crippen LogP contribution in [0.25, 0.3) is 0 Å². The van der Waals surface area contributed by atoms with Crippen LogP contribution in [-0.2, 0) is 15.1 Å². The Morgan fingerprint density at radius 3 is 2.61 bits per heavy atom. The smallest absolute Gasteiger partial charge is 0.322 e. The van der Waals surface area contributed by atoms with Crippen molar-refractivity contribution in [1.29, 1.82) is 0 Å². The van der Waals surface area contributed by atoms with Gasteiger partial charge in [-0.05, 0) is 43.7 Å². The van der Waals surface area contributed by atoms with Crippen molar-refractivity contribution in [2.75, 3.05) is 24.5 Å². The molecule has 162 valence electrons. The first-order valence-electron chi connectivity index (χ1n) is 10.2. The maximum atomic E-state index is 13.0. The predicted octanol–water partition coefficient (Wildman–Crippen LogP) is 2.29. The molecule has 4 rings (SSSR count). The Morgan fingerprint density at radius 2 is 2.00 bits per heavy atom. The highest BCUT2D eigenvalue weighted by Crippen LogP contribution is 2.30. The van der Waals surface area contributed by atoms with E-state index < -0.39 is 17.5 Å². The lowest BCUT2D eigenvalue weighted by Crippen LogP contribution is -2.54. The third-order valence-electron chi connectivity index (χ3n) is 5.95. The number of nitrogens with one attached hydrogen (secondary N) is 2. The van der Waals surface area contributed by atoms with Gasteiger partial charge in [-0.15, -0.1) is 0 Å². The van der Waals surface area contributed by atoms with Crippen LogP contribution in [0.15, 0.2) is 48.8 Å². The van der Waals surface area contributed by atoms with Crippen LogP contribution in [-0.4, -0.2) is 53.4 Å². The Labute approximate surface area is 185 Å². The van der Waals surface area contributed by atoms with Gasteiger partial charge in [0.05, 0.1) is 0 Å². The molecule has 2 saturated heterocycles. The van der Waals surface area contributed by atoms with Crippen molar-refractivity contribution in [3.05, 3.63) is 59.4 Å². The van der Waals surface area contributed by atoms with E-state index in [4.69, 9.17) is 11.6 Å².